The van der Waals surface area contributed by atoms with E-state index in [1.807, 2.05) is 26.0 Å². The van der Waals surface area contributed by atoms with E-state index in [-0.39, 0.29) is 11.7 Å². The van der Waals surface area contributed by atoms with E-state index in [0.717, 1.165) is 36.8 Å². The van der Waals surface area contributed by atoms with Crippen LogP contribution in [0.4, 0.5) is 0 Å². The standard InChI is InChI=1S/C16H23ClO/c1-5-7-8-13(6-2)16(18)14-9-11(3)12(4)10-15(14)17/h9-10,13H,5-8H2,1-4H3. The van der Waals surface area contributed by atoms with Gasteiger partial charge in [0.2, 0.25) is 0 Å². The lowest BCUT2D eigenvalue weighted by Gasteiger charge is -2.15. The molecule has 2 heteroatoms. The van der Waals surface area contributed by atoms with Crippen LogP contribution in [0.5, 0.6) is 0 Å². The van der Waals surface area contributed by atoms with E-state index in [1.165, 1.54) is 0 Å². The first kappa shape index (κ1) is 15.2. The van der Waals surface area contributed by atoms with Gasteiger partial charge >= 0.3 is 0 Å². The normalized spacial score (nSPS) is 12.5. The van der Waals surface area contributed by atoms with Gasteiger partial charge in [0.25, 0.3) is 0 Å². The largest absolute Gasteiger partial charge is 0.294 e. The molecule has 1 aromatic carbocycles. The molecule has 100 valence electrons. The number of halogens is 1. The minimum Gasteiger partial charge on any atom is -0.294 e. The molecule has 0 aromatic heterocycles. The predicted molar refractivity (Wildman–Crippen MR) is 78.6 cm³/mol. The second-order valence-electron chi connectivity index (χ2n) is 5.03. The Morgan fingerprint density at radius 3 is 2.39 bits per heavy atom. The molecule has 0 bridgehead atoms. The molecule has 1 aromatic rings. The number of carbonyl (C=O) groups excluding carboxylic acids is 1. The predicted octanol–water partition coefficient (Wildman–Crippen LogP) is 5.36. The van der Waals surface area contributed by atoms with E-state index >= 15 is 0 Å². The molecule has 18 heavy (non-hydrogen) atoms. The van der Waals surface area contributed by atoms with Crippen molar-refractivity contribution in [2.45, 2.75) is 53.4 Å². The molecule has 1 nitrogen and oxygen atoms in total. The zero-order chi connectivity index (χ0) is 13.7. The summed E-state index contributed by atoms with van der Waals surface area (Å²) in [5, 5.41) is 0.595. The molecule has 0 fully saturated rings. The Hall–Kier alpha value is -0.820. The smallest absolute Gasteiger partial charge is 0.167 e. The molecule has 1 unspecified atom stereocenters. The lowest BCUT2D eigenvalue weighted by atomic mass is 9.89. The van der Waals surface area contributed by atoms with Crippen molar-refractivity contribution in [2.24, 2.45) is 5.92 Å². The Bertz CT molecular complexity index is 423. The topological polar surface area (TPSA) is 17.1 Å². The number of carbonyl (C=O) groups is 1. The molecule has 0 spiro atoms. The van der Waals surface area contributed by atoms with E-state index in [9.17, 15) is 4.79 Å². The summed E-state index contributed by atoms with van der Waals surface area (Å²) in [6.45, 7) is 8.27. The second kappa shape index (κ2) is 6.94. The van der Waals surface area contributed by atoms with Crippen molar-refractivity contribution in [3.63, 3.8) is 0 Å². The third-order valence-electron chi connectivity index (χ3n) is 3.62. The first-order valence-electron chi connectivity index (χ1n) is 6.82. The quantitative estimate of drug-likeness (QED) is 0.634. The molecule has 0 N–H and O–H groups in total. The van der Waals surface area contributed by atoms with Crippen LogP contribution in [0.15, 0.2) is 12.1 Å². The lowest BCUT2D eigenvalue weighted by molar-refractivity contribution is 0.0908. The number of rotatable bonds is 6. The van der Waals surface area contributed by atoms with Gasteiger partial charge in [-0.05, 0) is 49.9 Å². The summed E-state index contributed by atoms with van der Waals surface area (Å²) < 4.78 is 0. The number of Topliss-reactive ketones (excluding diaryl/α,β-unsaturated/α-hetero) is 1. The van der Waals surface area contributed by atoms with Gasteiger partial charge in [0, 0.05) is 11.5 Å². The van der Waals surface area contributed by atoms with Gasteiger partial charge < -0.3 is 0 Å². The highest BCUT2D eigenvalue weighted by Crippen LogP contribution is 2.26. The molecule has 0 aliphatic carbocycles. The number of benzene rings is 1. The minimum absolute atomic E-state index is 0.115. The number of unbranched alkanes of at least 4 members (excludes halogenated alkanes) is 1. The van der Waals surface area contributed by atoms with Crippen LogP contribution >= 0.6 is 11.6 Å². The van der Waals surface area contributed by atoms with Crippen LogP contribution in [0.2, 0.25) is 5.02 Å². The van der Waals surface area contributed by atoms with Crippen molar-refractivity contribution in [2.75, 3.05) is 0 Å². The van der Waals surface area contributed by atoms with Crippen molar-refractivity contribution in [1.82, 2.24) is 0 Å². The highest BCUT2D eigenvalue weighted by Gasteiger charge is 2.20. The number of hydrogen-bond acceptors (Lipinski definition) is 1. The van der Waals surface area contributed by atoms with Crippen LogP contribution < -0.4 is 0 Å². The average Bonchev–Trinajstić information content (AvgIpc) is 2.34. The summed E-state index contributed by atoms with van der Waals surface area (Å²) in [6.07, 6.45) is 4.09. The average molecular weight is 267 g/mol. The van der Waals surface area contributed by atoms with Crippen molar-refractivity contribution in [1.29, 1.82) is 0 Å². The van der Waals surface area contributed by atoms with Crippen LogP contribution in [-0.4, -0.2) is 5.78 Å². The summed E-state index contributed by atoms with van der Waals surface area (Å²) in [5.74, 6) is 0.323. The van der Waals surface area contributed by atoms with E-state index in [4.69, 9.17) is 11.6 Å². The van der Waals surface area contributed by atoms with Crippen molar-refractivity contribution in [3.8, 4) is 0 Å². The van der Waals surface area contributed by atoms with Gasteiger partial charge in [-0.15, -0.1) is 0 Å². The van der Waals surface area contributed by atoms with Gasteiger partial charge in [0.05, 0.1) is 5.02 Å². The first-order chi connectivity index (χ1) is 8.51. The van der Waals surface area contributed by atoms with E-state index < -0.39 is 0 Å². The maximum absolute atomic E-state index is 12.5. The van der Waals surface area contributed by atoms with Crippen LogP contribution in [0.3, 0.4) is 0 Å². The number of hydrogen-bond donors (Lipinski definition) is 0. The lowest BCUT2D eigenvalue weighted by Crippen LogP contribution is -2.15. The van der Waals surface area contributed by atoms with Crippen LogP contribution in [0.25, 0.3) is 0 Å². The Balaban J connectivity index is 2.98. The molecule has 0 amide bonds. The van der Waals surface area contributed by atoms with Gasteiger partial charge in [-0.3, -0.25) is 4.79 Å². The van der Waals surface area contributed by atoms with Gasteiger partial charge in [-0.2, -0.15) is 0 Å². The van der Waals surface area contributed by atoms with E-state index in [0.29, 0.717) is 10.6 Å². The van der Waals surface area contributed by atoms with Crippen LogP contribution in [-0.2, 0) is 0 Å². The number of ketones is 1. The molecule has 0 saturated carbocycles. The molecule has 0 radical (unpaired) electrons. The maximum Gasteiger partial charge on any atom is 0.167 e. The summed E-state index contributed by atoms with van der Waals surface area (Å²) in [5.41, 5.74) is 2.97. The molecule has 1 atom stereocenters. The summed E-state index contributed by atoms with van der Waals surface area (Å²) >= 11 is 6.21. The highest BCUT2D eigenvalue weighted by molar-refractivity contribution is 6.34. The summed E-state index contributed by atoms with van der Waals surface area (Å²) in [7, 11) is 0. The third-order valence-corrected chi connectivity index (χ3v) is 3.93. The van der Waals surface area contributed by atoms with Crippen molar-refractivity contribution >= 4 is 17.4 Å². The molecular weight excluding hydrogens is 244 g/mol. The van der Waals surface area contributed by atoms with Gasteiger partial charge in [-0.25, -0.2) is 0 Å². The van der Waals surface area contributed by atoms with Gasteiger partial charge in [-0.1, -0.05) is 38.3 Å². The highest BCUT2D eigenvalue weighted by atomic mass is 35.5. The summed E-state index contributed by atoms with van der Waals surface area (Å²) in [4.78, 5) is 12.5. The van der Waals surface area contributed by atoms with E-state index in [1.54, 1.807) is 0 Å². The third kappa shape index (κ3) is 3.58. The Morgan fingerprint density at radius 1 is 1.22 bits per heavy atom. The molecule has 1 rings (SSSR count). The second-order valence-corrected chi connectivity index (χ2v) is 5.44. The molecular formula is C16H23ClO. The van der Waals surface area contributed by atoms with Gasteiger partial charge in [0.1, 0.15) is 0 Å². The minimum atomic E-state index is 0.115. The zero-order valence-electron chi connectivity index (χ0n) is 11.8. The monoisotopic (exact) mass is 266 g/mol. The fourth-order valence-corrected chi connectivity index (χ4v) is 2.47. The molecule has 0 aliphatic heterocycles. The Kier molecular flexibility index (Phi) is 5.87. The fourth-order valence-electron chi connectivity index (χ4n) is 2.16. The van der Waals surface area contributed by atoms with Crippen LogP contribution in [0, 0.1) is 19.8 Å². The van der Waals surface area contributed by atoms with Gasteiger partial charge in [0.15, 0.2) is 5.78 Å². The van der Waals surface area contributed by atoms with E-state index in [2.05, 4.69) is 13.8 Å². The molecule has 0 saturated heterocycles. The maximum atomic E-state index is 12.5. The van der Waals surface area contributed by atoms with Crippen LogP contribution in [0.1, 0.15) is 61.0 Å². The first-order valence-corrected chi connectivity index (χ1v) is 7.20. The zero-order valence-corrected chi connectivity index (χ0v) is 12.6. The molecule has 0 aliphatic rings. The van der Waals surface area contributed by atoms with Crippen molar-refractivity contribution < 1.29 is 4.79 Å². The summed E-state index contributed by atoms with van der Waals surface area (Å²) in [6, 6.07) is 3.84. The molecule has 0 heterocycles. The SMILES string of the molecule is CCCCC(CC)C(=O)c1cc(C)c(C)cc1Cl. The Morgan fingerprint density at radius 2 is 1.83 bits per heavy atom. The number of aryl methyl sites for hydroxylation is 2. The van der Waals surface area contributed by atoms with Crippen molar-refractivity contribution in [3.05, 3.63) is 33.8 Å². The Labute approximate surface area is 116 Å². The fraction of sp³-hybridized carbons (Fsp3) is 0.562.